The van der Waals surface area contributed by atoms with Gasteiger partial charge in [0.1, 0.15) is 5.82 Å². The molecule has 5 heteroatoms. The molecule has 0 radical (unpaired) electrons. The normalized spacial score (nSPS) is 18.5. The van der Waals surface area contributed by atoms with Crippen molar-refractivity contribution in [3.63, 3.8) is 0 Å². The van der Waals surface area contributed by atoms with Crippen molar-refractivity contribution in [3.8, 4) is 0 Å². The topological polar surface area (TPSA) is 32.3 Å². The van der Waals surface area contributed by atoms with Crippen molar-refractivity contribution >= 4 is 17.4 Å². The minimum absolute atomic E-state index is 0.245. The summed E-state index contributed by atoms with van der Waals surface area (Å²) in [5.41, 5.74) is 0.245. The molecule has 1 aliphatic rings. The molecule has 0 N–H and O–H groups in total. The van der Waals surface area contributed by atoms with Gasteiger partial charge in [-0.1, -0.05) is 0 Å². The second kappa shape index (κ2) is 4.78. The fourth-order valence-corrected chi connectivity index (χ4v) is 2.25. The van der Waals surface area contributed by atoms with E-state index < -0.39 is 0 Å². The number of halogens is 1. The molecule has 0 saturated carbocycles. The van der Waals surface area contributed by atoms with Gasteiger partial charge < -0.3 is 4.90 Å². The fourth-order valence-electron chi connectivity index (χ4n) is 2.11. The third-order valence-electron chi connectivity index (χ3n) is 3.16. The van der Waals surface area contributed by atoms with Crippen molar-refractivity contribution < 1.29 is 0 Å². The molecule has 0 amide bonds. The molecule has 94 valence electrons. The maximum absolute atomic E-state index is 5.81. The van der Waals surface area contributed by atoms with Gasteiger partial charge in [0.25, 0.3) is 0 Å². The van der Waals surface area contributed by atoms with Crippen molar-refractivity contribution in [3.05, 3.63) is 17.5 Å². The lowest BCUT2D eigenvalue weighted by atomic mass is 10.1. The van der Waals surface area contributed by atoms with E-state index in [1.165, 1.54) is 0 Å². The van der Waals surface area contributed by atoms with Gasteiger partial charge in [-0.3, -0.25) is 4.90 Å². The lowest BCUT2D eigenvalue weighted by Gasteiger charge is -2.42. The van der Waals surface area contributed by atoms with Crippen molar-refractivity contribution in [1.29, 1.82) is 0 Å². The summed E-state index contributed by atoms with van der Waals surface area (Å²) in [6.45, 7) is 10.9. The van der Waals surface area contributed by atoms with E-state index in [2.05, 4.69) is 40.5 Å². The van der Waals surface area contributed by atoms with Crippen LogP contribution in [-0.2, 0) is 0 Å². The molecular formula is C12H19ClN4. The molecule has 0 aliphatic carbocycles. The van der Waals surface area contributed by atoms with Crippen LogP contribution >= 0.6 is 11.6 Å². The first kappa shape index (κ1) is 12.6. The second-order valence-corrected chi connectivity index (χ2v) is 5.67. The Morgan fingerprint density at radius 3 is 2.35 bits per heavy atom. The molecule has 2 rings (SSSR count). The van der Waals surface area contributed by atoms with Crippen LogP contribution in [0.1, 0.15) is 20.8 Å². The third-order valence-corrected chi connectivity index (χ3v) is 3.35. The molecule has 0 bridgehead atoms. The highest BCUT2D eigenvalue weighted by Gasteiger charge is 2.26. The van der Waals surface area contributed by atoms with Crippen LogP contribution in [0, 0.1) is 0 Å². The number of rotatable bonds is 1. The summed E-state index contributed by atoms with van der Waals surface area (Å²) in [4.78, 5) is 12.9. The molecule has 1 aliphatic heterocycles. The summed E-state index contributed by atoms with van der Waals surface area (Å²) >= 11 is 5.81. The Labute approximate surface area is 108 Å². The van der Waals surface area contributed by atoms with Gasteiger partial charge in [0.15, 0.2) is 0 Å². The van der Waals surface area contributed by atoms with Crippen molar-refractivity contribution in [2.24, 2.45) is 0 Å². The lowest BCUT2D eigenvalue weighted by molar-refractivity contribution is 0.128. The molecule has 0 spiro atoms. The first-order valence-corrected chi connectivity index (χ1v) is 6.33. The zero-order chi connectivity index (χ0) is 12.5. The Morgan fingerprint density at radius 2 is 1.82 bits per heavy atom. The average Bonchev–Trinajstić information content (AvgIpc) is 2.28. The van der Waals surface area contributed by atoms with E-state index in [4.69, 9.17) is 11.6 Å². The Morgan fingerprint density at radius 1 is 1.18 bits per heavy atom. The Balaban J connectivity index is 2.00. The molecule has 0 atom stereocenters. The van der Waals surface area contributed by atoms with Crippen LogP contribution in [0.4, 0.5) is 5.82 Å². The number of hydrogen-bond acceptors (Lipinski definition) is 4. The fraction of sp³-hybridized carbons (Fsp3) is 0.667. The first-order valence-electron chi connectivity index (χ1n) is 5.95. The van der Waals surface area contributed by atoms with Crippen molar-refractivity contribution in [1.82, 2.24) is 14.9 Å². The SMILES string of the molecule is CC(C)(C)N1CCN(c2ccnc(Cl)n2)CC1. The zero-order valence-electron chi connectivity index (χ0n) is 10.6. The number of aromatic nitrogens is 2. The molecular weight excluding hydrogens is 236 g/mol. The Hall–Kier alpha value is -0.870. The van der Waals surface area contributed by atoms with E-state index in [9.17, 15) is 0 Å². The van der Waals surface area contributed by atoms with Crippen LogP contribution in [0.2, 0.25) is 5.28 Å². The third kappa shape index (κ3) is 3.07. The second-order valence-electron chi connectivity index (χ2n) is 5.33. The smallest absolute Gasteiger partial charge is 0.224 e. The van der Waals surface area contributed by atoms with Crippen LogP contribution in [0.15, 0.2) is 12.3 Å². The number of nitrogens with zero attached hydrogens (tertiary/aromatic N) is 4. The van der Waals surface area contributed by atoms with E-state index in [-0.39, 0.29) is 5.54 Å². The molecule has 1 saturated heterocycles. The summed E-state index contributed by atoms with van der Waals surface area (Å²) in [7, 11) is 0. The highest BCUT2D eigenvalue weighted by molar-refractivity contribution is 6.28. The highest BCUT2D eigenvalue weighted by atomic mass is 35.5. The predicted octanol–water partition coefficient (Wildman–Crippen LogP) is 2.05. The summed E-state index contributed by atoms with van der Waals surface area (Å²) in [6.07, 6.45) is 1.71. The highest BCUT2D eigenvalue weighted by Crippen LogP contribution is 2.19. The van der Waals surface area contributed by atoms with Gasteiger partial charge in [0, 0.05) is 37.9 Å². The quantitative estimate of drug-likeness (QED) is 0.718. The summed E-state index contributed by atoms with van der Waals surface area (Å²) in [5.74, 6) is 0.929. The lowest BCUT2D eigenvalue weighted by Crippen LogP contribution is -2.53. The van der Waals surface area contributed by atoms with Crippen LogP contribution in [0.3, 0.4) is 0 Å². The van der Waals surface area contributed by atoms with Crippen molar-refractivity contribution in [2.75, 3.05) is 31.1 Å². The van der Waals surface area contributed by atoms with E-state index in [0.717, 1.165) is 32.0 Å². The van der Waals surface area contributed by atoms with E-state index in [1.807, 2.05) is 6.07 Å². The van der Waals surface area contributed by atoms with Gasteiger partial charge in [-0.15, -0.1) is 0 Å². The standard InChI is InChI=1S/C12H19ClN4/c1-12(2,3)17-8-6-16(7-9-17)10-4-5-14-11(13)15-10/h4-5H,6-9H2,1-3H3. The van der Waals surface area contributed by atoms with Gasteiger partial charge in [-0.25, -0.2) is 9.97 Å². The van der Waals surface area contributed by atoms with Gasteiger partial charge in [-0.05, 0) is 38.4 Å². The van der Waals surface area contributed by atoms with Crippen LogP contribution < -0.4 is 4.90 Å². The number of hydrogen-bond donors (Lipinski definition) is 0. The predicted molar refractivity (Wildman–Crippen MR) is 70.6 cm³/mol. The van der Waals surface area contributed by atoms with Gasteiger partial charge >= 0.3 is 0 Å². The van der Waals surface area contributed by atoms with Gasteiger partial charge in [-0.2, -0.15) is 0 Å². The van der Waals surface area contributed by atoms with Gasteiger partial charge in [0.05, 0.1) is 0 Å². The van der Waals surface area contributed by atoms with E-state index in [1.54, 1.807) is 6.20 Å². The monoisotopic (exact) mass is 254 g/mol. The van der Waals surface area contributed by atoms with Crippen LogP contribution in [0.25, 0.3) is 0 Å². The summed E-state index contributed by atoms with van der Waals surface area (Å²) in [5, 5.41) is 0.320. The number of anilines is 1. The molecule has 2 heterocycles. The maximum atomic E-state index is 5.81. The molecule has 1 aromatic rings. The van der Waals surface area contributed by atoms with Crippen LogP contribution in [0.5, 0.6) is 0 Å². The average molecular weight is 255 g/mol. The Kier molecular flexibility index (Phi) is 3.54. The molecule has 0 unspecified atom stereocenters. The number of piperazine rings is 1. The summed E-state index contributed by atoms with van der Waals surface area (Å²) < 4.78 is 0. The molecule has 0 aromatic carbocycles. The van der Waals surface area contributed by atoms with Gasteiger partial charge in [0.2, 0.25) is 5.28 Å². The van der Waals surface area contributed by atoms with E-state index in [0.29, 0.717) is 5.28 Å². The molecule has 17 heavy (non-hydrogen) atoms. The minimum atomic E-state index is 0.245. The Bertz CT molecular complexity index is 380. The molecule has 4 nitrogen and oxygen atoms in total. The first-order chi connectivity index (χ1) is 7.97. The maximum Gasteiger partial charge on any atom is 0.224 e. The molecule has 1 aromatic heterocycles. The van der Waals surface area contributed by atoms with Crippen LogP contribution in [-0.4, -0.2) is 46.6 Å². The minimum Gasteiger partial charge on any atom is -0.354 e. The largest absolute Gasteiger partial charge is 0.354 e. The zero-order valence-corrected chi connectivity index (χ0v) is 11.4. The summed E-state index contributed by atoms with van der Waals surface area (Å²) in [6, 6.07) is 1.92. The van der Waals surface area contributed by atoms with Crippen molar-refractivity contribution in [2.45, 2.75) is 26.3 Å². The van der Waals surface area contributed by atoms with E-state index >= 15 is 0 Å². The molecule has 1 fully saturated rings.